The van der Waals surface area contributed by atoms with Gasteiger partial charge in [-0.2, -0.15) is 4.98 Å². The van der Waals surface area contributed by atoms with E-state index in [1.807, 2.05) is 5.32 Å². The van der Waals surface area contributed by atoms with Crippen LogP contribution in [0.1, 0.15) is 70.5 Å². The first-order chi connectivity index (χ1) is 14.9. The van der Waals surface area contributed by atoms with Gasteiger partial charge >= 0.3 is 5.97 Å². The number of hydrogen-bond acceptors (Lipinski definition) is 5. The number of carboxylic acid groups (broad SMARTS) is 1. The van der Waals surface area contributed by atoms with Crippen LogP contribution in [-0.4, -0.2) is 27.8 Å². The molecule has 0 aliphatic heterocycles. The van der Waals surface area contributed by atoms with Crippen LogP contribution in [0, 0.1) is 23.3 Å². The van der Waals surface area contributed by atoms with Crippen LogP contribution in [0.4, 0.5) is 23.2 Å². The second-order valence-corrected chi connectivity index (χ2v) is 7.35. The second-order valence-electron chi connectivity index (χ2n) is 7.35. The highest BCUT2D eigenvalue weighted by atomic mass is 19.2. The van der Waals surface area contributed by atoms with Crippen LogP contribution in [0.25, 0.3) is 11.5 Å². The number of unbranched alkanes of at least 4 members (excludes halogenated alkanes) is 8. The first kappa shape index (κ1) is 24.6. The van der Waals surface area contributed by atoms with Gasteiger partial charge in [0.05, 0.1) is 0 Å². The van der Waals surface area contributed by atoms with E-state index in [0.29, 0.717) is 6.42 Å². The smallest absolute Gasteiger partial charge is 0.322 e. The molecular formula is C21H27F4N3O3. The lowest BCUT2D eigenvalue weighted by atomic mass is 10.1. The normalized spacial score (nSPS) is 11.1. The van der Waals surface area contributed by atoms with Gasteiger partial charge in [0.25, 0.3) is 5.89 Å². The average Bonchev–Trinajstić information content (AvgIpc) is 3.19. The molecule has 0 atom stereocenters. The molecule has 0 unspecified atom stereocenters. The maximum atomic E-state index is 14.3. The molecular weight excluding hydrogens is 418 g/mol. The fourth-order valence-corrected chi connectivity index (χ4v) is 3.19. The van der Waals surface area contributed by atoms with Gasteiger partial charge in [-0.15, -0.1) is 0 Å². The van der Waals surface area contributed by atoms with Crippen LogP contribution in [-0.2, 0) is 11.2 Å². The Kier molecular flexibility index (Phi) is 9.74. The maximum absolute atomic E-state index is 14.3. The van der Waals surface area contributed by atoms with Gasteiger partial charge in [0.2, 0.25) is 0 Å². The summed E-state index contributed by atoms with van der Waals surface area (Å²) >= 11 is 0. The highest BCUT2D eigenvalue weighted by molar-refractivity contribution is 5.73. The summed E-state index contributed by atoms with van der Waals surface area (Å²) in [5, 5.41) is 14.0. The molecule has 2 rings (SSSR count). The number of aryl methyl sites for hydroxylation is 1. The van der Waals surface area contributed by atoms with E-state index >= 15 is 0 Å². The van der Waals surface area contributed by atoms with Gasteiger partial charge in [-0.25, -0.2) is 17.6 Å². The number of halogens is 4. The Morgan fingerprint density at radius 2 is 1.45 bits per heavy atom. The molecule has 0 saturated carbocycles. The van der Waals surface area contributed by atoms with Gasteiger partial charge in [0, 0.05) is 6.42 Å². The summed E-state index contributed by atoms with van der Waals surface area (Å²) < 4.78 is 61.7. The van der Waals surface area contributed by atoms with Crippen molar-refractivity contribution in [1.82, 2.24) is 10.1 Å². The molecule has 10 heteroatoms. The van der Waals surface area contributed by atoms with Crippen LogP contribution in [0.2, 0.25) is 0 Å². The predicted octanol–water partition coefficient (Wildman–Crippen LogP) is 5.86. The molecule has 0 aliphatic carbocycles. The molecule has 6 nitrogen and oxygen atoms in total. The minimum atomic E-state index is -1.77. The quantitative estimate of drug-likeness (QED) is 0.215. The minimum absolute atomic E-state index is 0.186. The van der Waals surface area contributed by atoms with Crippen molar-refractivity contribution in [2.24, 2.45) is 0 Å². The third-order valence-electron chi connectivity index (χ3n) is 4.87. The topological polar surface area (TPSA) is 88.2 Å². The molecule has 1 heterocycles. The first-order valence-electron chi connectivity index (χ1n) is 10.5. The van der Waals surface area contributed by atoms with Gasteiger partial charge in [-0.3, -0.25) is 4.79 Å². The summed E-state index contributed by atoms with van der Waals surface area (Å²) in [5.74, 6) is -8.98. The van der Waals surface area contributed by atoms with E-state index < -0.39 is 52.9 Å². The lowest BCUT2D eigenvalue weighted by Crippen LogP contribution is -2.16. The number of carboxylic acids is 1. The fraction of sp³-hybridized carbons (Fsp3) is 0.571. The number of hydrogen-bond donors (Lipinski definition) is 2. The molecule has 0 aliphatic rings. The molecule has 0 fully saturated rings. The Balaban J connectivity index is 1.95. The summed E-state index contributed by atoms with van der Waals surface area (Å²) in [4.78, 5) is 14.4. The average molecular weight is 445 g/mol. The number of benzene rings is 1. The Labute approximate surface area is 178 Å². The third kappa shape index (κ3) is 6.93. The van der Waals surface area contributed by atoms with Crippen molar-refractivity contribution >= 4 is 11.7 Å². The highest BCUT2D eigenvalue weighted by Crippen LogP contribution is 2.33. The van der Waals surface area contributed by atoms with Gasteiger partial charge in [-0.05, 0) is 6.42 Å². The standard InChI is InChI=1S/C21H27F4N3O3/c1-2-3-4-5-6-7-8-9-10-11-13-27-21(31-28-13)15-16(22)18(24)20(19(25)17(15)23)26-12-14(29)30/h26H,2-12H2,1H3,(H,29,30). The SMILES string of the molecule is CCCCCCCCCCCc1noc(-c2c(F)c(F)c(NCC(=O)O)c(F)c2F)n1. The van der Waals surface area contributed by atoms with Gasteiger partial charge in [-0.1, -0.05) is 63.4 Å². The van der Waals surface area contributed by atoms with Crippen LogP contribution in [0.5, 0.6) is 0 Å². The summed E-state index contributed by atoms with van der Waals surface area (Å²) in [5.41, 5.74) is -2.34. The molecule has 0 spiro atoms. The molecule has 0 amide bonds. The molecule has 1 aromatic carbocycles. The summed E-state index contributed by atoms with van der Waals surface area (Å²) in [6, 6.07) is 0. The van der Waals surface area contributed by atoms with Crippen LogP contribution < -0.4 is 5.32 Å². The van der Waals surface area contributed by atoms with Crippen molar-refractivity contribution < 1.29 is 32.0 Å². The molecule has 1 aromatic heterocycles. The van der Waals surface area contributed by atoms with Crippen LogP contribution >= 0.6 is 0 Å². The fourth-order valence-electron chi connectivity index (χ4n) is 3.19. The number of aromatic nitrogens is 2. The zero-order valence-electron chi connectivity index (χ0n) is 17.4. The number of anilines is 1. The molecule has 0 bridgehead atoms. The van der Waals surface area contributed by atoms with Crippen LogP contribution in [0.3, 0.4) is 0 Å². The molecule has 2 N–H and O–H groups in total. The first-order valence-corrected chi connectivity index (χ1v) is 10.5. The molecule has 0 radical (unpaired) electrons. The van der Waals surface area contributed by atoms with E-state index in [4.69, 9.17) is 9.63 Å². The Hall–Kier alpha value is -2.65. The van der Waals surface area contributed by atoms with Crippen molar-refractivity contribution in [3.63, 3.8) is 0 Å². The number of nitrogens with one attached hydrogen (secondary N) is 1. The number of nitrogens with zero attached hydrogens (tertiary/aromatic N) is 2. The number of aliphatic carboxylic acids is 1. The lowest BCUT2D eigenvalue weighted by molar-refractivity contribution is -0.134. The highest BCUT2D eigenvalue weighted by Gasteiger charge is 2.29. The van der Waals surface area contributed by atoms with Crippen LogP contribution in [0.15, 0.2) is 4.52 Å². The van der Waals surface area contributed by atoms with Crippen molar-refractivity contribution in [2.45, 2.75) is 71.1 Å². The predicted molar refractivity (Wildman–Crippen MR) is 107 cm³/mol. The summed E-state index contributed by atoms with van der Waals surface area (Å²) in [6.45, 7) is 1.25. The zero-order valence-corrected chi connectivity index (χ0v) is 17.4. The summed E-state index contributed by atoms with van der Waals surface area (Å²) in [6.07, 6.45) is 10.4. The van der Waals surface area contributed by atoms with Gasteiger partial charge < -0.3 is 14.9 Å². The van der Waals surface area contributed by atoms with Crippen molar-refractivity contribution in [3.05, 3.63) is 29.1 Å². The lowest BCUT2D eigenvalue weighted by Gasteiger charge is -2.10. The number of carbonyl (C=O) groups is 1. The van der Waals surface area contributed by atoms with Crippen molar-refractivity contribution in [3.8, 4) is 11.5 Å². The van der Waals surface area contributed by atoms with Gasteiger partial charge in [0.15, 0.2) is 29.1 Å². The van der Waals surface area contributed by atoms with E-state index in [9.17, 15) is 22.4 Å². The third-order valence-corrected chi connectivity index (χ3v) is 4.87. The molecule has 2 aromatic rings. The number of rotatable bonds is 14. The largest absolute Gasteiger partial charge is 0.480 e. The molecule has 0 saturated heterocycles. The Morgan fingerprint density at radius 3 is 2.00 bits per heavy atom. The minimum Gasteiger partial charge on any atom is -0.480 e. The van der Waals surface area contributed by atoms with E-state index in [0.717, 1.165) is 25.7 Å². The zero-order chi connectivity index (χ0) is 22.8. The Morgan fingerprint density at radius 1 is 0.903 bits per heavy atom. The summed E-state index contributed by atoms with van der Waals surface area (Å²) in [7, 11) is 0. The van der Waals surface area contributed by atoms with Crippen molar-refractivity contribution in [1.29, 1.82) is 0 Å². The second kappa shape index (κ2) is 12.3. The van der Waals surface area contributed by atoms with E-state index in [2.05, 4.69) is 17.1 Å². The molecule has 172 valence electrons. The van der Waals surface area contributed by atoms with E-state index in [-0.39, 0.29) is 5.82 Å². The molecule has 31 heavy (non-hydrogen) atoms. The maximum Gasteiger partial charge on any atom is 0.322 e. The Bertz CT molecular complexity index is 845. The monoisotopic (exact) mass is 445 g/mol. The van der Waals surface area contributed by atoms with E-state index in [1.54, 1.807) is 0 Å². The van der Waals surface area contributed by atoms with Crippen molar-refractivity contribution in [2.75, 3.05) is 11.9 Å². The van der Waals surface area contributed by atoms with E-state index in [1.165, 1.54) is 32.1 Å². The van der Waals surface area contributed by atoms with Gasteiger partial charge in [0.1, 0.15) is 17.8 Å².